The Morgan fingerprint density at radius 1 is 1.06 bits per heavy atom. The lowest BCUT2D eigenvalue weighted by molar-refractivity contribution is -0.142. The first-order valence-electron chi connectivity index (χ1n) is 11.9. The van der Waals surface area contributed by atoms with Crippen molar-refractivity contribution in [3.05, 3.63) is 99.5 Å². The van der Waals surface area contributed by atoms with Gasteiger partial charge < -0.3 is 19.8 Å². The number of piperidine rings is 1. The van der Waals surface area contributed by atoms with Crippen LogP contribution in [0.4, 0.5) is 5.69 Å². The van der Waals surface area contributed by atoms with Gasteiger partial charge in [-0.05, 0) is 54.7 Å². The van der Waals surface area contributed by atoms with Gasteiger partial charge in [0.1, 0.15) is 0 Å². The molecule has 0 unspecified atom stereocenters. The Balaban J connectivity index is 1.62. The summed E-state index contributed by atoms with van der Waals surface area (Å²) in [6.07, 6.45) is 3.46. The van der Waals surface area contributed by atoms with E-state index in [0.717, 1.165) is 35.5 Å². The first kappa shape index (κ1) is 24.3. The number of nitrogens with zero attached hydrogens (tertiary/aromatic N) is 3. The molecule has 2 N–H and O–H groups in total. The van der Waals surface area contributed by atoms with Gasteiger partial charge >= 0.3 is 5.97 Å². The summed E-state index contributed by atoms with van der Waals surface area (Å²) in [7, 11) is 1.68. The average molecular weight is 474 g/mol. The zero-order chi connectivity index (χ0) is 24.9. The van der Waals surface area contributed by atoms with Crippen LogP contribution in [-0.2, 0) is 11.8 Å². The monoisotopic (exact) mass is 473 g/mol. The Hall–Kier alpha value is -3.87. The molecule has 1 aromatic heterocycles. The number of aryl methyl sites for hydroxylation is 2. The molecule has 0 spiro atoms. The van der Waals surface area contributed by atoms with Crippen molar-refractivity contribution >= 4 is 17.4 Å². The summed E-state index contributed by atoms with van der Waals surface area (Å²) < 4.78 is 1.48. The first-order chi connectivity index (χ1) is 16.9. The number of benzene rings is 2. The summed E-state index contributed by atoms with van der Waals surface area (Å²) in [6, 6.07) is 19.7. The fraction of sp³-hybridized carbons (Fsp3) is 0.321. The van der Waals surface area contributed by atoms with E-state index in [-0.39, 0.29) is 17.4 Å². The number of pyridine rings is 1. The third kappa shape index (κ3) is 5.45. The van der Waals surface area contributed by atoms with Crippen molar-refractivity contribution in [3.63, 3.8) is 0 Å². The summed E-state index contributed by atoms with van der Waals surface area (Å²) in [4.78, 5) is 25.3. The van der Waals surface area contributed by atoms with Crippen LogP contribution in [0.1, 0.15) is 47.4 Å². The van der Waals surface area contributed by atoms with Crippen molar-refractivity contribution in [3.8, 4) is 0 Å². The Morgan fingerprint density at radius 2 is 1.74 bits per heavy atom. The molecule has 2 heterocycles. The molecular formula is C28H31N3O4. The first-order valence-corrected chi connectivity index (χ1v) is 11.9. The fourth-order valence-corrected chi connectivity index (χ4v) is 4.86. The van der Waals surface area contributed by atoms with Crippen LogP contribution in [0.15, 0.2) is 76.8 Å². The molecule has 0 saturated carbocycles. The number of anilines is 1. The zero-order valence-electron chi connectivity index (χ0n) is 20.1. The van der Waals surface area contributed by atoms with E-state index in [4.69, 9.17) is 0 Å². The van der Waals surface area contributed by atoms with E-state index in [0.29, 0.717) is 30.5 Å². The summed E-state index contributed by atoms with van der Waals surface area (Å²) in [6.45, 7) is 3.53. The number of carboxylic acid groups (broad SMARTS) is 1. The maximum Gasteiger partial charge on any atom is 0.306 e. The van der Waals surface area contributed by atoms with Crippen LogP contribution in [0, 0.1) is 12.8 Å². The predicted octanol–water partition coefficient (Wildman–Crippen LogP) is 4.40. The molecular weight excluding hydrogens is 442 g/mol. The van der Waals surface area contributed by atoms with Crippen LogP contribution in [-0.4, -0.2) is 39.7 Å². The molecule has 7 heteroatoms. The Kier molecular flexibility index (Phi) is 7.34. The average Bonchev–Trinajstić information content (AvgIpc) is 2.87. The van der Waals surface area contributed by atoms with Crippen molar-refractivity contribution in [1.82, 2.24) is 4.57 Å². The van der Waals surface area contributed by atoms with Crippen molar-refractivity contribution in [1.29, 1.82) is 0 Å². The topological polar surface area (TPSA) is 95.1 Å². The Bertz CT molecular complexity index is 1270. The number of aliphatic carboxylic acids is 1. The molecule has 7 nitrogen and oxygen atoms in total. The highest BCUT2D eigenvalue weighted by Crippen LogP contribution is 2.33. The molecule has 2 aromatic carbocycles. The van der Waals surface area contributed by atoms with E-state index in [1.807, 2.05) is 12.1 Å². The maximum absolute atomic E-state index is 11.8. The molecule has 0 aliphatic carbocycles. The lowest BCUT2D eigenvalue weighted by atomic mass is 9.83. The molecule has 182 valence electrons. The Morgan fingerprint density at radius 3 is 2.34 bits per heavy atom. The number of carboxylic acids is 1. The highest BCUT2D eigenvalue weighted by atomic mass is 16.4. The third-order valence-corrected chi connectivity index (χ3v) is 7.01. The van der Waals surface area contributed by atoms with Crippen molar-refractivity contribution in [2.45, 2.75) is 32.1 Å². The zero-order valence-corrected chi connectivity index (χ0v) is 20.1. The lowest BCUT2D eigenvalue weighted by Gasteiger charge is -2.32. The van der Waals surface area contributed by atoms with Crippen LogP contribution in [0.25, 0.3) is 0 Å². The van der Waals surface area contributed by atoms with Gasteiger partial charge in [-0.3, -0.25) is 9.59 Å². The number of hydrogen-bond acceptors (Lipinski definition) is 5. The van der Waals surface area contributed by atoms with Gasteiger partial charge in [-0.2, -0.15) is 0 Å². The minimum absolute atomic E-state index is 0.0499. The Labute approximate surface area is 205 Å². The van der Waals surface area contributed by atoms with Gasteiger partial charge in [0.05, 0.1) is 11.6 Å². The van der Waals surface area contributed by atoms with Crippen molar-refractivity contribution in [2.75, 3.05) is 18.0 Å². The second-order valence-corrected chi connectivity index (χ2v) is 9.22. The number of hydrogen-bond donors (Lipinski definition) is 2. The SMILES string of the molecule is Cc1ccccc1[C@H](C/C(=N\O)c1ccc(=O)n(C)c1)c1ccc(N2CCC(C(=O)O)CC2)cc1. The molecule has 1 saturated heterocycles. The van der Waals surface area contributed by atoms with Crippen LogP contribution in [0.3, 0.4) is 0 Å². The largest absolute Gasteiger partial charge is 0.481 e. The summed E-state index contributed by atoms with van der Waals surface area (Å²) >= 11 is 0. The van der Waals surface area contributed by atoms with Gasteiger partial charge in [0.15, 0.2) is 0 Å². The van der Waals surface area contributed by atoms with Crippen molar-refractivity contribution < 1.29 is 15.1 Å². The number of carbonyl (C=O) groups is 1. The van der Waals surface area contributed by atoms with E-state index in [9.17, 15) is 19.9 Å². The van der Waals surface area contributed by atoms with Gasteiger partial charge in [0.2, 0.25) is 5.56 Å². The molecule has 0 amide bonds. The molecule has 1 atom stereocenters. The van der Waals surface area contributed by atoms with Gasteiger partial charge in [-0.25, -0.2) is 0 Å². The standard InChI is InChI=1S/C28H31N3O4/c1-19-5-3-4-6-24(19)25(17-26(29-35)22-9-12-27(32)30(2)18-22)20-7-10-23(11-8-20)31-15-13-21(14-16-31)28(33)34/h3-12,18,21,25,35H,13-17H2,1-2H3,(H,33,34)/b29-26+/t25-/m1/s1. The van der Waals surface area contributed by atoms with E-state index < -0.39 is 5.97 Å². The van der Waals surface area contributed by atoms with Gasteiger partial charge in [0.25, 0.3) is 0 Å². The third-order valence-electron chi connectivity index (χ3n) is 7.01. The summed E-state index contributed by atoms with van der Waals surface area (Å²) in [5.41, 5.74) is 5.55. The molecule has 0 bridgehead atoms. The highest BCUT2D eigenvalue weighted by molar-refractivity contribution is 6.00. The van der Waals surface area contributed by atoms with Crippen LogP contribution >= 0.6 is 0 Å². The molecule has 1 aliphatic heterocycles. The minimum Gasteiger partial charge on any atom is -0.481 e. The maximum atomic E-state index is 11.8. The fourth-order valence-electron chi connectivity index (χ4n) is 4.86. The smallest absolute Gasteiger partial charge is 0.306 e. The van der Waals surface area contributed by atoms with Gasteiger partial charge in [-0.15, -0.1) is 0 Å². The number of aromatic nitrogens is 1. The van der Waals surface area contributed by atoms with E-state index in [2.05, 4.69) is 53.4 Å². The minimum atomic E-state index is -0.707. The molecule has 3 aromatic rings. The normalized spacial score (nSPS) is 15.7. The predicted molar refractivity (Wildman–Crippen MR) is 137 cm³/mol. The second-order valence-electron chi connectivity index (χ2n) is 9.22. The molecule has 1 aliphatic rings. The van der Waals surface area contributed by atoms with Crippen LogP contribution < -0.4 is 10.5 Å². The highest BCUT2D eigenvalue weighted by Gasteiger charge is 2.25. The van der Waals surface area contributed by atoms with Crippen molar-refractivity contribution in [2.24, 2.45) is 18.1 Å². The quantitative estimate of drug-likeness (QED) is 0.301. The lowest BCUT2D eigenvalue weighted by Crippen LogP contribution is -2.36. The van der Waals surface area contributed by atoms with Crippen LogP contribution in [0.5, 0.6) is 0 Å². The van der Waals surface area contributed by atoms with E-state index >= 15 is 0 Å². The van der Waals surface area contributed by atoms with Gasteiger partial charge in [-0.1, -0.05) is 41.6 Å². The summed E-state index contributed by atoms with van der Waals surface area (Å²) in [5.74, 6) is -1.02. The summed E-state index contributed by atoms with van der Waals surface area (Å²) in [5, 5.41) is 22.7. The van der Waals surface area contributed by atoms with Gasteiger partial charge in [0, 0.05) is 56.0 Å². The number of oxime groups is 1. The molecule has 4 rings (SSSR count). The number of rotatable bonds is 7. The molecule has 35 heavy (non-hydrogen) atoms. The van der Waals surface area contributed by atoms with E-state index in [1.165, 1.54) is 10.6 Å². The molecule has 0 radical (unpaired) electrons. The second kappa shape index (κ2) is 10.6. The van der Waals surface area contributed by atoms with E-state index in [1.54, 1.807) is 19.3 Å². The van der Waals surface area contributed by atoms with Crippen LogP contribution in [0.2, 0.25) is 0 Å². The molecule has 1 fully saturated rings.